The highest BCUT2D eigenvalue weighted by atomic mass is 15.3. The van der Waals surface area contributed by atoms with Gasteiger partial charge in [0.25, 0.3) is 0 Å². The van der Waals surface area contributed by atoms with Gasteiger partial charge in [-0.3, -0.25) is 0 Å². The first-order valence-electron chi connectivity index (χ1n) is 14.2. The van der Waals surface area contributed by atoms with E-state index >= 15 is 0 Å². The van der Waals surface area contributed by atoms with Crippen LogP contribution in [0.3, 0.4) is 0 Å². The second-order valence-corrected chi connectivity index (χ2v) is 11.0. The van der Waals surface area contributed by atoms with E-state index in [2.05, 4.69) is 68.8 Å². The molecule has 6 rings (SSSR count). The molecule has 1 saturated heterocycles. The van der Waals surface area contributed by atoms with Crippen molar-refractivity contribution in [2.24, 2.45) is 11.8 Å². The van der Waals surface area contributed by atoms with Gasteiger partial charge in [0.2, 0.25) is 5.95 Å². The van der Waals surface area contributed by atoms with Gasteiger partial charge >= 0.3 is 0 Å². The van der Waals surface area contributed by atoms with Crippen LogP contribution in [0.25, 0.3) is 16.9 Å². The number of benzene rings is 2. The van der Waals surface area contributed by atoms with E-state index in [1.165, 1.54) is 50.6 Å². The molecular weight excluding hydrogens is 468 g/mol. The average molecular weight is 507 g/mol. The molecule has 2 aliphatic rings. The highest BCUT2D eigenvalue weighted by Crippen LogP contribution is 2.35. The standard InChI is InChI=1S/C32H38N6/c1-24-18-21-38(36-24)29-15-13-28(14-16-29)37-20-7-8-25(23-37)22-27-11-5-6-12-30(27)34-32-33-19-17-31(35-32)26-9-3-2-4-10-26/h2-4,9-10,13-19,21,25,27,30H,5-8,11-12,20,22-23H2,1H3,(H,33,34,35)/t25-,27+,30-/m1/s1. The molecule has 2 fully saturated rings. The highest BCUT2D eigenvalue weighted by molar-refractivity contribution is 5.59. The summed E-state index contributed by atoms with van der Waals surface area (Å²) in [6.45, 7) is 4.31. The van der Waals surface area contributed by atoms with Gasteiger partial charge < -0.3 is 10.2 Å². The van der Waals surface area contributed by atoms with Gasteiger partial charge in [-0.1, -0.05) is 43.2 Å². The number of hydrogen-bond acceptors (Lipinski definition) is 5. The van der Waals surface area contributed by atoms with Crippen molar-refractivity contribution in [1.29, 1.82) is 0 Å². The molecule has 196 valence electrons. The van der Waals surface area contributed by atoms with Crippen LogP contribution in [0, 0.1) is 18.8 Å². The van der Waals surface area contributed by atoms with Crippen LogP contribution in [0.2, 0.25) is 0 Å². The Labute approximate surface area is 226 Å². The lowest BCUT2D eigenvalue weighted by Gasteiger charge is -2.39. The summed E-state index contributed by atoms with van der Waals surface area (Å²) < 4.78 is 1.95. The third-order valence-corrected chi connectivity index (χ3v) is 8.31. The molecule has 2 aromatic carbocycles. The van der Waals surface area contributed by atoms with Crippen molar-refractivity contribution in [3.63, 3.8) is 0 Å². The number of hydrogen-bond donors (Lipinski definition) is 1. The Morgan fingerprint density at radius 3 is 2.50 bits per heavy atom. The molecule has 1 aliphatic heterocycles. The zero-order valence-corrected chi connectivity index (χ0v) is 22.3. The molecule has 0 spiro atoms. The van der Waals surface area contributed by atoms with Crippen molar-refractivity contribution in [1.82, 2.24) is 19.7 Å². The second kappa shape index (κ2) is 11.4. The zero-order valence-electron chi connectivity index (χ0n) is 22.3. The van der Waals surface area contributed by atoms with Crippen LogP contribution in [-0.2, 0) is 0 Å². The van der Waals surface area contributed by atoms with Crippen molar-refractivity contribution in [2.45, 2.75) is 57.9 Å². The van der Waals surface area contributed by atoms with Crippen LogP contribution in [-0.4, -0.2) is 38.9 Å². The maximum absolute atomic E-state index is 4.86. The topological polar surface area (TPSA) is 58.9 Å². The smallest absolute Gasteiger partial charge is 0.223 e. The third-order valence-electron chi connectivity index (χ3n) is 8.31. The van der Waals surface area contributed by atoms with Gasteiger partial charge in [-0.2, -0.15) is 5.10 Å². The Kier molecular flexibility index (Phi) is 7.38. The minimum absolute atomic E-state index is 0.446. The maximum atomic E-state index is 4.86. The number of nitrogens with one attached hydrogen (secondary N) is 1. The molecular formula is C32H38N6. The van der Waals surface area contributed by atoms with Crippen LogP contribution >= 0.6 is 0 Å². The minimum atomic E-state index is 0.446. The average Bonchev–Trinajstić information content (AvgIpc) is 3.41. The van der Waals surface area contributed by atoms with Crippen molar-refractivity contribution in [3.05, 3.63) is 84.8 Å². The lowest BCUT2D eigenvalue weighted by atomic mass is 9.77. The Hall–Kier alpha value is -3.67. The van der Waals surface area contributed by atoms with Crippen LogP contribution < -0.4 is 10.2 Å². The summed E-state index contributed by atoms with van der Waals surface area (Å²) in [7, 11) is 0. The summed E-state index contributed by atoms with van der Waals surface area (Å²) in [6, 6.07) is 23.8. The summed E-state index contributed by atoms with van der Waals surface area (Å²) in [4.78, 5) is 12.0. The van der Waals surface area contributed by atoms with Gasteiger partial charge in [0.15, 0.2) is 0 Å². The van der Waals surface area contributed by atoms with Crippen LogP contribution in [0.1, 0.15) is 50.6 Å². The van der Waals surface area contributed by atoms with Gasteiger partial charge in [-0.05, 0) is 87.3 Å². The summed E-state index contributed by atoms with van der Waals surface area (Å²) >= 11 is 0. The first-order valence-corrected chi connectivity index (χ1v) is 14.2. The van der Waals surface area contributed by atoms with Crippen molar-refractivity contribution < 1.29 is 0 Å². The van der Waals surface area contributed by atoms with E-state index in [0.717, 1.165) is 47.6 Å². The Bertz CT molecular complexity index is 1320. The summed E-state index contributed by atoms with van der Waals surface area (Å²) in [6.07, 6.45) is 12.9. The number of rotatable bonds is 7. The van der Waals surface area contributed by atoms with E-state index in [9.17, 15) is 0 Å². The third kappa shape index (κ3) is 5.74. The molecule has 4 aromatic rings. The molecule has 6 nitrogen and oxygen atoms in total. The Balaban J connectivity index is 1.10. The number of anilines is 2. The fraction of sp³-hybridized carbons (Fsp3) is 0.406. The molecule has 0 radical (unpaired) electrons. The van der Waals surface area contributed by atoms with E-state index in [1.807, 2.05) is 42.2 Å². The molecule has 6 heteroatoms. The van der Waals surface area contributed by atoms with Gasteiger partial charge in [0, 0.05) is 42.8 Å². The normalized spacial score (nSPS) is 21.8. The molecule has 2 aromatic heterocycles. The molecule has 1 aliphatic carbocycles. The van der Waals surface area contributed by atoms with E-state index < -0.39 is 0 Å². The van der Waals surface area contributed by atoms with Crippen molar-refractivity contribution in [2.75, 3.05) is 23.3 Å². The molecule has 0 bridgehead atoms. The lowest BCUT2D eigenvalue weighted by molar-refractivity contribution is 0.247. The minimum Gasteiger partial charge on any atom is -0.371 e. The molecule has 3 atom stereocenters. The van der Waals surface area contributed by atoms with Crippen LogP contribution in [0.5, 0.6) is 0 Å². The molecule has 1 N–H and O–H groups in total. The van der Waals surface area contributed by atoms with E-state index in [4.69, 9.17) is 4.98 Å². The fourth-order valence-electron chi connectivity index (χ4n) is 6.34. The van der Waals surface area contributed by atoms with E-state index in [1.54, 1.807) is 0 Å². The fourth-order valence-corrected chi connectivity index (χ4v) is 6.34. The first kappa shape index (κ1) is 24.7. The summed E-state index contributed by atoms with van der Waals surface area (Å²) in [5.74, 6) is 2.16. The Morgan fingerprint density at radius 1 is 0.868 bits per heavy atom. The zero-order chi connectivity index (χ0) is 25.7. The lowest BCUT2D eigenvalue weighted by Crippen LogP contribution is -2.39. The second-order valence-electron chi connectivity index (χ2n) is 11.0. The van der Waals surface area contributed by atoms with Gasteiger partial charge in [0.1, 0.15) is 0 Å². The number of aromatic nitrogens is 4. The van der Waals surface area contributed by atoms with Gasteiger partial charge in [-0.25, -0.2) is 14.6 Å². The quantitative estimate of drug-likeness (QED) is 0.295. The summed E-state index contributed by atoms with van der Waals surface area (Å²) in [5.41, 5.74) is 5.59. The number of aryl methyl sites for hydroxylation is 1. The molecule has 1 saturated carbocycles. The Morgan fingerprint density at radius 2 is 1.68 bits per heavy atom. The number of piperidine rings is 1. The molecule has 3 heterocycles. The van der Waals surface area contributed by atoms with E-state index in [-0.39, 0.29) is 0 Å². The van der Waals surface area contributed by atoms with Crippen molar-refractivity contribution in [3.8, 4) is 16.9 Å². The van der Waals surface area contributed by atoms with Gasteiger partial charge in [0.05, 0.1) is 17.1 Å². The van der Waals surface area contributed by atoms with Gasteiger partial charge in [-0.15, -0.1) is 0 Å². The van der Waals surface area contributed by atoms with E-state index in [0.29, 0.717) is 12.0 Å². The maximum Gasteiger partial charge on any atom is 0.223 e. The number of nitrogens with zero attached hydrogens (tertiary/aromatic N) is 5. The largest absolute Gasteiger partial charge is 0.371 e. The molecule has 0 amide bonds. The van der Waals surface area contributed by atoms with Crippen LogP contribution in [0.15, 0.2) is 79.1 Å². The summed E-state index contributed by atoms with van der Waals surface area (Å²) in [5, 5.41) is 8.30. The molecule has 0 unspecified atom stereocenters. The predicted molar refractivity (Wildman–Crippen MR) is 155 cm³/mol. The monoisotopic (exact) mass is 506 g/mol. The first-order chi connectivity index (χ1) is 18.7. The van der Waals surface area contributed by atoms with Crippen LogP contribution in [0.4, 0.5) is 11.6 Å². The highest BCUT2D eigenvalue weighted by Gasteiger charge is 2.30. The SMILES string of the molecule is Cc1ccn(-c2ccc(N3CCC[C@H](C[C@@H]4CCCC[C@H]4Nc4nccc(-c5ccccc5)n4)C3)cc2)n1. The molecule has 38 heavy (non-hydrogen) atoms. The van der Waals surface area contributed by atoms with Crippen molar-refractivity contribution >= 4 is 11.6 Å². The predicted octanol–water partition coefficient (Wildman–Crippen LogP) is 6.92.